The van der Waals surface area contributed by atoms with Crippen molar-refractivity contribution < 1.29 is 19.7 Å². The number of anilines is 1. The van der Waals surface area contributed by atoms with Gasteiger partial charge in [0.25, 0.3) is 0 Å². The minimum atomic E-state index is -1.17. The number of hydrogen-bond donors (Lipinski definition) is 4. The Morgan fingerprint density at radius 1 is 1.50 bits per heavy atom. The van der Waals surface area contributed by atoms with E-state index in [2.05, 4.69) is 10.3 Å². The Kier molecular flexibility index (Phi) is 4.58. The zero-order valence-corrected chi connectivity index (χ0v) is 13.0. The number of carboxylic acid groups (broad SMARTS) is 1. The van der Waals surface area contributed by atoms with E-state index in [1.54, 1.807) is 12.3 Å². The van der Waals surface area contributed by atoms with E-state index < -0.39 is 30.4 Å². The molecule has 1 aromatic rings. The highest BCUT2D eigenvalue weighted by molar-refractivity contribution is 5.65. The lowest BCUT2D eigenvalue weighted by molar-refractivity contribution is -0.170. The summed E-state index contributed by atoms with van der Waals surface area (Å²) in [5.74, 6) is 0. The van der Waals surface area contributed by atoms with Gasteiger partial charge in [-0.05, 0) is 11.5 Å². The molecule has 1 aromatic heterocycles. The molecule has 22 heavy (non-hydrogen) atoms. The minimum Gasteiger partial charge on any atom is -0.465 e. The molecule has 4 atom stereocenters. The molecule has 0 saturated carbocycles. The average molecular weight is 309 g/mol. The zero-order valence-electron chi connectivity index (χ0n) is 13.0. The number of rotatable bonds is 2. The Balaban J connectivity index is 2.32. The second-order valence-electron chi connectivity index (χ2n) is 6.70. The molecule has 7 heteroatoms. The van der Waals surface area contributed by atoms with E-state index in [-0.39, 0.29) is 5.41 Å². The quantitative estimate of drug-likeness (QED) is 0.658. The molecule has 2 rings (SSSR count). The third-order valence-corrected chi connectivity index (χ3v) is 3.90. The minimum absolute atomic E-state index is 0.314. The number of amides is 1. The molecule has 1 aliphatic heterocycles. The van der Waals surface area contributed by atoms with Gasteiger partial charge in [0.15, 0.2) is 0 Å². The van der Waals surface area contributed by atoms with Gasteiger partial charge < -0.3 is 26.0 Å². The summed E-state index contributed by atoms with van der Waals surface area (Å²) in [6, 6.07) is 1.14. The van der Waals surface area contributed by atoms with Gasteiger partial charge in [0, 0.05) is 18.2 Å². The number of pyridine rings is 1. The summed E-state index contributed by atoms with van der Waals surface area (Å²) in [4.78, 5) is 14.9. The first-order chi connectivity index (χ1) is 10.2. The lowest BCUT2D eigenvalue weighted by Crippen LogP contribution is -2.57. The number of nitrogens with zero attached hydrogens (tertiary/aromatic N) is 1. The number of aromatic nitrogens is 1. The zero-order chi connectivity index (χ0) is 16.5. The summed E-state index contributed by atoms with van der Waals surface area (Å²) < 4.78 is 6.05. The molecule has 0 spiro atoms. The fourth-order valence-corrected chi connectivity index (χ4v) is 2.82. The second kappa shape index (κ2) is 6.10. The first-order valence-corrected chi connectivity index (χ1v) is 7.22. The molecule has 0 radical (unpaired) electrons. The Morgan fingerprint density at radius 3 is 2.73 bits per heavy atom. The monoisotopic (exact) mass is 309 g/mol. The van der Waals surface area contributed by atoms with E-state index in [4.69, 9.17) is 15.6 Å². The van der Waals surface area contributed by atoms with Gasteiger partial charge in [0.1, 0.15) is 6.10 Å². The van der Waals surface area contributed by atoms with E-state index in [9.17, 15) is 9.90 Å². The van der Waals surface area contributed by atoms with Crippen LogP contribution in [0.2, 0.25) is 0 Å². The van der Waals surface area contributed by atoms with Gasteiger partial charge in [-0.25, -0.2) is 4.79 Å². The van der Waals surface area contributed by atoms with Crippen LogP contribution in [0.5, 0.6) is 0 Å². The maximum Gasteiger partial charge on any atom is 0.404 e. The summed E-state index contributed by atoms with van der Waals surface area (Å²) in [7, 11) is 0. The highest BCUT2D eigenvalue weighted by Gasteiger charge is 2.44. The van der Waals surface area contributed by atoms with Crippen LogP contribution in [0.3, 0.4) is 0 Å². The van der Waals surface area contributed by atoms with Crippen molar-refractivity contribution in [3.8, 4) is 0 Å². The summed E-state index contributed by atoms with van der Waals surface area (Å²) in [5, 5.41) is 21.8. The van der Waals surface area contributed by atoms with E-state index >= 15 is 0 Å². The van der Waals surface area contributed by atoms with Crippen LogP contribution < -0.4 is 11.1 Å². The van der Waals surface area contributed by atoms with Crippen LogP contribution in [-0.2, 0) is 4.74 Å². The fraction of sp³-hybridized carbons (Fsp3) is 0.600. The van der Waals surface area contributed by atoms with Crippen LogP contribution in [0.15, 0.2) is 18.5 Å². The van der Waals surface area contributed by atoms with Gasteiger partial charge in [-0.3, -0.25) is 4.98 Å². The van der Waals surface area contributed by atoms with Gasteiger partial charge in [0.2, 0.25) is 0 Å². The number of ether oxygens (including phenoxy) is 1. The number of aliphatic hydroxyl groups excluding tert-OH is 1. The number of nitrogens with one attached hydrogen (secondary N) is 1. The van der Waals surface area contributed by atoms with Gasteiger partial charge in [0.05, 0.1) is 30.1 Å². The highest BCUT2D eigenvalue weighted by Crippen LogP contribution is 2.39. The first kappa shape index (κ1) is 16.5. The Hall–Kier alpha value is -1.86. The van der Waals surface area contributed by atoms with Crippen molar-refractivity contribution >= 4 is 11.8 Å². The van der Waals surface area contributed by atoms with Crippen molar-refractivity contribution in [2.45, 2.75) is 51.5 Å². The molecule has 0 bridgehead atoms. The van der Waals surface area contributed by atoms with Crippen molar-refractivity contribution in [3.05, 3.63) is 24.0 Å². The third kappa shape index (κ3) is 3.48. The summed E-state index contributed by atoms with van der Waals surface area (Å²) in [6.45, 7) is 5.82. The van der Waals surface area contributed by atoms with Crippen molar-refractivity contribution in [3.63, 3.8) is 0 Å². The van der Waals surface area contributed by atoms with Gasteiger partial charge in [-0.2, -0.15) is 0 Å². The lowest BCUT2D eigenvalue weighted by atomic mass is 9.79. The molecule has 2 heterocycles. The number of nitrogens with two attached hydrogens (primary N) is 1. The maximum atomic E-state index is 11.0. The van der Waals surface area contributed by atoms with Crippen LogP contribution in [0, 0.1) is 5.41 Å². The largest absolute Gasteiger partial charge is 0.465 e. The molecule has 1 saturated heterocycles. The van der Waals surface area contributed by atoms with Gasteiger partial charge >= 0.3 is 6.09 Å². The van der Waals surface area contributed by atoms with E-state index in [1.165, 1.54) is 6.20 Å². The summed E-state index contributed by atoms with van der Waals surface area (Å²) in [6.07, 6.45) is 0.466. The van der Waals surface area contributed by atoms with Crippen LogP contribution >= 0.6 is 0 Å². The summed E-state index contributed by atoms with van der Waals surface area (Å²) in [5.41, 5.74) is 6.85. The summed E-state index contributed by atoms with van der Waals surface area (Å²) >= 11 is 0. The molecule has 5 N–H and O–H groups in total. The van der Waals surface area contributed by atoms with Crippen LogP contribution in [-0.4, -0.2) is 39.5 Å². The van der Waals surface area contributed by atoms with Gasteiger partial charge in [-0.1, -0.05) is 20.8 Å². The Morgan fingerprint density at radius 2 is 2.18 bits per heavy atom. The van der Waals surface area contributed by atoms with Crippen LogP contribution in [0.1, 0.15) is 38.9 Å². The number of aliphatic hydroxyl groups is 1. The molecule has 0 aliphatic carbocycles. The maximum absolute atomic E-state index is 11.0. The van der Waals surface area contributed by atoms with E-state index in [0.717, 1.165) is 5.56 Å². The molecule has 1 aliphatic rings. The van der Waals surface area contributed by atoms with E-state index in [1.807, 2.05) is 20.8 Å². The Labute approximate surface area is 129 Å². The average Bonchev–Trinajstić information content (AvgIpc) is 2.40. The number of carbonyl (C=O) groups is 1. The van der Waals surface area contributed by atoms with Crippen LogP contribution in [0.4, 0.5) is 10.5 Å². The molecule has 1 amide bonds. The Bertz CT molecular complexity index is 544. The molecular weight excluding hydrogens is 286 g/mol. The van der Waals surface area contributed by atoms with Crippen molar-refractivity contribution in [1.82, 2.24) is 10.3 Å². The normalized spacial score (nSPS) is 29.1. The fourth-order valence-electron chi connectivity index (χ4n) is 2.82. The SMILES string of the molecule is CC(C)(C)[C@@H]1O[C@H](c2ccncc2N)C[C@@H](NC(=O)O)[C@H]1O. The molecular formula is C15H23N3O4. The van der Waals surface area contributed by atoms with Crippen LogP contribution in [0.25, 0.3) is 0 Å². The predicted molar refractivity (Wildman–Crippen MR) is 81.3 cm³/mol. The molecule has 7 nitrogen and oxygen atoms in total. The smallest absolute Gasteiger partial charge is 0.404 e. The second-order valence-corrected chi connectivity index (χ2v) is 6.70. The van der Waals surface area contributed by atoms with Crippen molar-refractivity contribution in [2.75, 3.05) is 5.73 Å². The molecule has 122 valence electrons. The van der Waals surface area contributed by atoms with Crippen molar-refractivity contribution in [2.24, 2.45) is 5.41 Å². The third-order valence-electron chi connectivity index (χ3n) is 3.90. The van der Waals surface area contributed by atoms with Crippen molar-refractivity contribution in [1.29, 1.82) is 0 Å². The topological polar surface area (TPSA) is 118 Å². The van der Waals surface area contributed by atoms with E-state index in [0.29, 0.717) is 12.1 Å². The highest BCUT2D eigenvalue weighted by atomic mass is 16.5. The standard InChI is InChI=1S/C15H23N3O4/c1-15(2,3)13-12(19)10(18-14(20)21)6-11(22-13)8-4-5-17-7-9(8)16/h4-5,7,10-13,18-19H,6,16H2,1-3H3,(H,20,21)/t10-,11+,12-,13-/m1/s1. The predicted octanol–water partition coefficient (Wildman–Crippen LogP) is 1.54. The molecule has 0 unspecified atom stereocenters. The number of nitrogen functional groups attached to an aromatic ring is 1. The molecule has 1 fully saturated rings. The van der Waals surface area contributed by atoms with Gasteiger partial charge in [-0.15, -0.1) is 0 Å². The lowest BCUT2D eigenvalue weighted by Gasteiger charge is -2.45. The molecule has 0 aromatic carbocycles. The number of hydrogen-bond acceptors (Lipinski definition) is 5. The first-order valence-electron chi connectivity index (χ1n) is 7.22.